The highest BCUT2D eigenvalue weighted by molar-refractivity contribution is 9.10. The van der Waals surface area contributed by atoms with E-state index in [4.69, 9.17) is 5.73 Å². The van der Waals surface area contributed by atoms with Gasteiger partial charge in [0.1, 0.15) is 5.82 Å². The predicted molar refractivity (Wildman–Crippen MR) is 73.0 cm³/mol. The van der Waals surface area contributed by atoms with Gasteiger partial charge in [-0.15, -0.1) is 0 Å². The van der Waals surface area contributed by atoms with Crippen molar-refractivity contribution < 1.29 is 4.39 Å². The van der Waals surface area contributed by atoms with Crippen molar-refractivity contribution in [2.45, 2.75) is 6.92 Å². The summed E-state index contributed by atoms with van der Waals surface area (Å²) in [6.07, 6.45) is 0. The Morgan fingerprint density at radius 2 is 1.88 bits per heavy atom. The number of nitrogens with one attached hydrogen (secondary N) is 1. The minimum absolute atomic E-state index is 0.299. The van der Waals surface area contributed by atoms with Gasteiger partial charge in [-0.25, -0.2) is 4.39 Å². The van der Waals surface area contributed by atoms with Crippen molar-refractivity contribution in [3.05, 3.63) is 52.3 Å². The lowest BCUT2D eigenvalue weighted by molar-refractivity contribution is 0.621. The van der Waals surface area contributed by atoms with E-state index in [9.17, 15) is 4.39 Å². The zero-order chi connectivity index (χ0) is 12.4. The number of rotatable bonds is 2. The van der Waals surface area contributed by atoms with Crippen LogP contribution in [0, 0.1) is 12.7 Å². The van der Waals surface area contributed by atoms with E-state index >= 15 is 0 Å². The Morgan fingerprint density at radius 3 is 2.59 bits per heavy atom. The molecule has 88 valence electrons. The topological polar surface area (TPSA) is 38.0 Å². The van der Waals surface area contributed by atoms with Crippen molar-refractivity contribution >= 4 is 33.0 Å². The van der Waals surface area contributed by atoms with Crippen LogP contribution < -0.4 is 11.1 Å². The number of hydrogen-bond acceptors (Lipinski definition) is 2. The summed E-state index contributed by atoms with van der Waals surface area (Å²) < 4.78 is 13.9. The molecule has 2 rings (SSSR count). The van der Waals surface area contributed by atoms with Crippen LogP contribution in [0.1, 0.15) is 5.56 Å². The molecule has 0 aliphatic carbocycles. The Morgan fingerprint density at radius 1 is 1.18 bits per heavy atom. The van der Waals surface area contributed by atoms with Gasteiger partial charge in [0.25, 0.3) is 0 Å². The van der Waals surface area contributed by atoms with Crippen LogP contribution >= 0.6 is 15.9 Å². The zero-order valence-electron chi connectivity index (χ0n) is 9.30. The molecule has 0 aliphatic rings. The molecule has 0 atom stereocenters. The third kappa shape index (κ3) is 2.58. The van der Waals surface area contributed by atoms with Crippen LogP contribution in [0.2, 0.25) is 0 Å². The van der Waals surface area contributed by atoms with Crippen molar-refractivity contribution in [3.63, 3.8) is 0 Å². The normalized spacial score (nSPS) is 10.3. The molecule has 3 N–H and O–H groups in total. The second-order valence-corrected chi connectivity index (χ2v) is 4.65. The number of nitrogen functional groups attached to an aromatic ring is 1. The van der Waals surface area contributed by atoms with E-state index in [1.165, 1.54) is 6.07 Å². The van der Waals surface area contributed by atoms with Crippen molar-refractivity contribution in [3.8, 4) is 0 Å². The first-order valence-electron chi connectivity index (χ1n) is 5.15. The van der Waals surface area contributed by atoms with Crippen LogP contribution in [0.5, 0.6) is 0 Å². The van der Waals surface area contributed by atoms with Crippen LogP contribution in [0.25, 0.3) is 0 Å². The largest absolute Gasteiger partial charge is 0.397 e. The van der Waals surface area contributed by atoms with Gasteiger partial charge in [-0.3, -0.25) is 0 Å². The lowest BCUT2D eigenvalue weighted by Crippen LogP contribution is -1.98. The van der Waals surface area contributed by atoms with Gasteiger partial charge in [0.15, 0.2) is 0 Å². The monoisotopic (exact) mass is 294 g/mol. The number of hydrogen-bond donors (Lipinski definition) is 2. The first kappa shape index (κ1) is 11.9. The SMILES string of the molecule is Cc1cc(Br)c(F)cc1Nc1ccccc1N. The molecule has 0 aromatic heterocycles. The lowest BCUT2D eigenvalue weighted by Gasteiger charge is -2.12. The highest BCUT2D eigenvalue weighted by Crippen LogP contribution is 2.28. The number of halogens is 2. The molecule has 0 bridgehead atoms. The fraction of sp³-hybridized carbons (Fsp3) is 0.0769. The number of anilines is 3. The fourth-order valence-corrected chi connectivity index (χ4v) is 1.99. The molecule has 0 amide bonds. The Kier molecular flexibility index (Phi) is 3.33. The summed E-state index contributed by atoms with van der Waals surface area (Å²) in [4.78, 5) is 0. The van der Waals surface area contributed by atoms with E-state index < -0.39 is 0 Å². The lowest BCUT2D eigenvalue weighted by atomic mass is 10.2. The van der Waals surface area contributed by atoms with E-state index in [0.29, 0.717) is 15.8 Å². The first-order chi connectivity index (χ1) is 8.08. The molecular formula is C13H12BrFN2. The maximum absolute atomic E-state index is 13.4. The number of aryl methyl sites for hydroxylation is 1. The van der Waals surface area contributed by atoms with Gasteiger partial charge in [0.2, 0.25) is 0 Å². The molecule has 17 heavy (non-hydrogen) atoms. The van der Waals surface area contributed by atoms with Gasteiger partial charge in [0.05, 0.1) is 15.8 Å². The summed E-state index contributed by atoms with van der Waals surface area (Å²) in [5.74, 6) is -0.299. The minimum Gasteiger partial charge on any atom is -0.397 e. The van der Waals surface area contributed by atoms with Gasteiger partial charge in [-0.2, -0.15) is 0 Å². The number of benzene rings is 2. The standard InChI is InChI=1S/C13H12BrFN2/c1-8-6-9(14)10(15)7-13(8)17-12-5-3-2-4-11(12)16/h2-7,17H,16H2,1H3. The smallest absolute Gasteiger partial charge is 0.139 e. The van der Waals surface area contributed by atoms with Gasteiger partial charge in [-0.05, 0) is 52.7 Å². The molecule has 4 heteroatoms. The third-order valence-electron chi connectivity index (χ3n) is 2.50. The summed E-state index contributed by atoms with van der Waals surface area (Å²) in [6, 6.07) is 10.6. The molecule has 0 fully saturated rings. The predicted octanol–water partition coefficient (Wildman–Crippen LogP) is 4.22. The van der Waals surface area contributed by atoms with Crippen molar-refractivity contribution in [2.24, 2.45) is 0 Å². The van der Waals surface area contributed by atoms with Gasteiger partial charge >= 0.3 is 0 Å². The van der Waals surface area contributed by atoms with Crippen LogP contribution in [0.3, 0.4) is 0 Å². The van der Waals surface area contributed by atoms with E-state index in [0.717, 1.165) is 11.3 Å². The summed E-state index contributed by atoms with van der Waals surface area (Å²) in [5, 5.41) is 3.12. The molecule has 0 radical (unpaired) electrons. The third-order valence-corrected chi connectivity index (χ3v) is 3.11. The average Bonchev–Trinajstić information content (AvgIpc) is 2.29. The maximum Gasteiger partial charge on any atom is 0.139 e. The highest BCUT2D eigenvalue weighted by atomic mass is 79.9. The van der Waals surface area contributed by atoms with Gasteiger partial charge < -0.3 is 11.1 Å². The quantitative estimate of drug-likeness (QED) is 0.814. The maximum atomic E-state index is 13.4. The van der Waals surface area contributed by atoms with Crippen LogP contribution in [0.15, 0.2) is 40.9 Å². The second-order valence-electron chi connectivity index (χ2n) is 3.79. The van der Waals surface area contributed by atoms with Crippen LogP contribution in [-0.4, -0.2) is 0 Å². The zero-order valence-corrected chi connectivity index (χ0v) is 10.9. The van der Waals surface area contributed by atoms with Crippen LogP contribution in [-0.2, 0) is 0 Å². The Bertz CT molecular complexity index is 555. The molecule has 0 aliphatic heterocycles. The van der Waals surface area contributed by atoms with E-state index in [1.807, 2.05) is 25.1 Å². The molecule has 2 aromatic carbocycles. The summed E-state index contributed by atoms with van der Waals surface area (Å²) in [6.45, 7) is 1.91. The molecule has 0 spiro atoms. The number of nitrogens with two attached hydrogens (primary N) is 1. The number of para-hydroxylation sites is 2. The Hall–Kier alpha value is -1.55. The fourth-order valence-electron chi connectivity index (χ4n) is 1.54. The summed E-state index contributed by atoms with van der Waals surface area (Å²) in [7, 11) is 0. The second kappa shape index (κ2) is 4.75. The van der Waals surface area contributed by atoms with E-state index in [1.54, 1.807) is 12.1 Å². The van der Waals surface area contributed by atoms with Crippen molar-refractivity contribution in [2.75, 3.05) is 11.1 Å². The molecule has 2 nitrogen and oxygen atoms in total. The molecule has 0 heterocycles. The molecule has 0 saturated heterocycles. The van der Waals surface area contributed by atoms with Gasteiger partial charge in [0, 0.05) is 5.69 Å². The average molecular weight is 295 g/mol. The van der Waals surface area contributed by atoms with Crippen molar-refractivity contribution in [1.82, 2.24) is 0 Å². The van der Waals surface area contributed by atoms with E-state index in [2.05, 4.69) is 21.2 Å². The van der Waals surface area contributed by atoms with Crippen molar-refractivity contribution in [1.29, 1.82) is 0 Å². The summed E-state index contributed by atoms with van der Waals surface area (Å²) >= 11 is 3.15. The minimum atomic E-state index is -0.299. The summed E-state index contributed by atoms with van der Waals surface area (Å²) in [5.41, 5.74) is 8.89. The van der Waals surface area contributed by atoms with Gasteiger partial charge in [-0.1, -0.05) is 12.1 Å². The molecule has 0 unspecified atom stereocenters. The first-order valence-corrected chi connectivity index (χ1v) is 5.94. The molecule has 2 aromatic rings. The van der Waals surface area contributed by atoms with Crippen LogP contribution in [0.4, 0.5) is 21.5 Å². The molecule has 0 saturated carbocycles. The Labute approximate surface area is 108 Å². The molecular weight excluding hydrogens is 283 g/mol. The highest BCUT2D eigenvalue weighted by Gasteiger charge is 2.06. The van der Waals surface area contributed by atoms with E-state index in [-0.39, 0.29) is 5.82 Å². The Balaban J connectivity index is 2.37.